The molecule has 0 bridgehead atoms. The van der Waals surface area contributed by atoms with E-state index in [1.165, 1.54) is 0 Å². The minimum atomic E-state index is -0.183. The molecule has 1 aliphatic rings. The predicted molar refractivity (Wildman–Crippen MR) is 81.4 cm³/mol. The van der Waals surface area contributed by atoms with Crippen LogP contribution < -0.4 is 5.73 Å². The number of nitrogen functional groups attached to an aromatic ring is 1. The first-order valence-electron chi connectivity index (χ1n) is 6.63. The van der Waals surface area contributed by atoms with Gasteiger partial charge in [0.15, 0.2) is 5.82 Å². The van der Waals surface area contributed by atoms with Crippen LogP contribution >= 0.6 is 23.2 Å². The van der Waals surface area contributed by atoms with E-state index in [4.69, 9.17) is 33.7 Å². The van der Waals surface area contributed by atoms with E-state index in [9.17, 15) is 0 Å². The standard InChI is InChI=1S/C13H15Cl2N5O/c1-13(2-4-21-5-3-13)20-12(17-18-19-20)8-6-9(14)11(15)10(16)7-8/h6-7H,2-5,16H2,1H3. The topological polar surface area (TPSA) is 78.9 Å². The minimum absolute atomic E-state index is 0.183. The lowest BCUT2D eigenvalue weighted by Gasteiger charge is -2.33. The lowest BCUT2D eigenvalue weighted by atomic mass is 9.92. The van der Waals surface area contributed by atoms with E-state index >= 15 is 0 Å². The Bertz CT molecular complexity index is 643. The quantitative estimate of drug-likeness (QED) is 0.858. The largest absolute Gasteiger partial charge is 0.397 e. The number of anilines is 1. The molecule has 1 saturated heterocycles. The van der Waals surface area contributed by atoms with Crippen molar-refractivity contribution in [2.45, 2.75) is 25.3 Å². The molecule has 0 spiro atoms. The molecule has 2 heterocycles. The van der Waals surface area contributed by atoms with E-state index in [0.29, 0.717) is 34.8 Å². The van der Waals surface area contributed by atoms with Crippen molar-refractivity contribution >= 4 is 28.9 Å². The van der Waals surface area contributed by atoms with E-state index in [1.807, 2.05) is 4.68 Å². The number of nitrogens with zero attached hydrogens (tertiary/aromatic N) is 4. The first-order chi connectivity index (χ1) is 10.0. The molecule has 3 rings (SSSR count). The maximum absolute atomic E-state index is 6.10. The molecule has 0 aliphatic carbocycles. The second kappa shape index (κ2) is 5.44. The van der Waals surface area contributed by atoms with Crippen molar-refractivity contribution < 1.29 is 4.74 Å². The van der Waals surface area contributed by atoms with Crippen molar-refractivity contribution in [1.29, 1.82) is 0 Å². The monoisotopic (exact) mass is 327 g/mol. The van der Waals surface area contributed by atoms with Crippen molar-refractivity contribution in [2.24, 2.45) is 0 Å². The summed E-state index contributed by atoms with van der Waals surface area (Å²) in [4.78, 5) is 0. The Labute approximate surface area is 132 Å². The number of hydrogen-bond acceptors (Lipinski definition) is 5. The van der Waals surface area contributed by atoms with Gasteiger partial charge in [-0.3, -0.25) is 0 Å². The van der Waals surface area contributed by atoms with Gasteiger partial charge in [-0.15, -0.1) is 5.10 Å². The second-order valence-corrected chi connectivity index (χ2v) is 6.17. The van der Waals surface area contributed by atoms with E-state index in [0.717, 1.165) is 18.4 Å². The zero-order chi connectivity index (χ0) is 15.0. The lowest BCUT2D eigenvalue weighted by Crippen LogP contribution is -2.38. The van der Waals surface area contributed by atoms with Crippen LogP contribution in [0.25, 0.3) is 11.4 Å². The normalized spacial score (nSPS) is 17.9. The molecule has 0 saturated carbocycles. The SMILES string of the molecule is CC1(n2nnnc2-c2cc(N)c(Cl)c(Cl)c2)CCOCC1. The fourth-order valence-electron chi connectivity index (χ4n) is 2.49. The summed E-state index contributed by atoms with van der Waals surface area (Å²) in [5.74, 6) is 0.629. The molecule has 6 nitrogen and oxygen atoms in total. The first kappa shape index (κ1) is 14.6. The fraction of sp³-hybridized carbons (Fsp3) is 0.462. The van der Waals surface area contributed by atoms with Crippen LogP contribution in [0.2, 0.25) is 10.0 Å². The van der Waals surface area contributed by atoms with Gasteiger partial charge in [-0.05, 0) is 42.3 Å². The van der Waals surface area contributed by atoms with Gasteiger partial charge in [0.05, 0.1) is 21.3 Å². The van der Waals surface area contributed by atoms with E-state index in [2.05, 4.69) is 22.4 Å². The average Bonchev–Trinajstić information content (AvgIpc) is 2.95. The molecule has 1 fully saturated rings. The Morgan fingerprint density at radius 2 is 2.00 bits per heavy atom. The molecular formula is C13H15Cl2N5O. The van der Waals surface area contributed by atoms with Crippen LogP contribution in [-0.2, 0) is 10.3 Å². The van der Waals surface area contributed by atoms with Crippen molar-refractivity contribution in [3.05, 3.63) is 22.2 Å². The third kappa shape index (κ3) is 2.59. The summed E-state index contributed by atoms with van der Waals surface area (Å²) in [6, 6.07) is 3.46. The van der Waals surface area contributed by atoms with Crippen LogP contribution in [0.4, 0.5) is 5.69 Å². The number of rotatable bonds is 2. The molecule has 1 aliphatic heterocycles. The highest BCUT2D eigenvalue weighted by molar-refractivity contribution is 6.43. The second-order valence-electron chi connectivity index (χ2n) is 5.38. The van der Waals surface area contributed by atoms with Gasteiger partial charge in [-0.2, -0.15) is 0 Å². The predicted octanol–water partition coefficient (Wildman–Crippen LogP) is 2.75. The van der Waals surface area contributed by atoms with Crippen LogP contribution in [0.1, 0.15) is 19.8 Å². The van der Waals surface area contributed by atoms with Crippen LogP contribution in [0.3, 0.4) is 0 Å². The summed E-state index contributed by atoms with van der Waals surface area (Å²) < 4.78 is 7.25. The molecule has 0 unspecified atom stereocenters. The highest BCUT2D eigenvalue weighted by atomic mass is 35.5. The van der Waals surface area contributed by atoms with Crippen molar-refractivity contribution in [3.8, 4) is 11.4 Å². The molecule has 21 heavy (non-hydrogen) atoms. The van der Waals surface area contributed by atoms with Crippen molar-refractivity contribution in [3.63, 3.8) is 0 Å². The van der Waals surface area contributed by atoms with Gasteiger partial charge >= 0.3 is 0 Å². The summed E-state index contributed by atoms with van der Waals surface area (Å²) in [5.41, 5.74) is 6.85. The Morgan fingerprint density at radius 1 is 1.29 bits per heavy atom. The molecule has 0 atom stereocenters. The molecular weight excluding hydrogens is 313 g/mol. The van der Waals surface area contributed by atoms with Crippen molar-refractivity contribution in [1.82, 2.24) is 20.2 Å². The zero-order valence-corrected chi connectivity index (χ0v) is 13.0. The van der Waals surface area contributed by atoms with Gasteiger partial charge in [-0.25, -0.2) is 4.68 Å². The number of nitrogens with two attached hydrogens (primary N) is 1. The van der Waals surface area contributed by atoms with Crippen LogP contribution in [0.5, 0.6) is 0 Å². The van der Waals surface area contributed by atoms with E-state index in [1.54, 1.807) is 12.1 Å². The molecule has 1 aromatic carbocycles. The smallest absolute Gasteiger partial charge is 0.182 e. The fourth-order valence-corrected chi connectivity index (χ4v) is 2.83. The highest BCUT2D eigenvalue weighted by Crippen LogP contribution is 2.36. The molecule has 112 valence electrons. The first-order valence-corrected chi connectivity index (χ1v) is 7.38. The summed E-state index contributed by atoms with van der Waals surface area (Å²) in [5, 5.41) is 12.8. The number of benzene rings is 1. The number of aromatic nitrogens is 4. The molecule has 0 amide bonds. The maximum atomic E-state index is 6.10. The molecule has 2 N–H and O–H groups in total. The molecule has 0 radical (unpaired) electrons. The Morgan fingerprint density at radius 3 is 2.67 bits per heavy atom. The number of hydrogen-bond donors (Lipinski definition) is 1. The maximum Gasteiger partial charge on any atom is 0.182 e. The summed E-state index contributed by atoms with van der Waals surface area (Å²) in [6.45, 7) is 3.51. The summed E-state index contributed by atoms with van der Waals surface area (Å²) >= 11 is 12.1. The van der Waals surface area contributed by atoms with Crippen LogP contribution in [0.15, 0.2) is 12.1 Å². The van der Waals surface area contributed by atoms with E-state index in [-0.39, 0.29) is 5.54 Å². The van der Waals surface area contributed by atoms with E-state index < -0.39 is 0 Å². The van der Waals surface area contributed by atoms with Gasteiger partial charge in [0.2, 0.25) is 0 Å². The number of halogens is 2. The van der Waals surface area contributed by atoms with Gasteiger partial charge in [0.1, 0.15) is 0 Å². The van der Waals surface area contributed by atoms with Gasteiger partial charge in [-0.1, -0.05) is 23.2 Å². The van der Waals surface area contributed by atoms with Gasteiger partial charge in [0, 0.05) is 18.8 Å². The van der Waals surface area contributed by atoms with Gasteiger partial charge in [0.25, 0.3) is 0 Å². The molecule has 8 heteroatoms. The summed E-state index contributed by atoms with van der Waals surface area (Å²) in [7, 11) is 0. The third-order valence-electron chi connectivity index (χ3n) is 3.87. The average molecular weight is 328 g/mol. The number of tetrazole rings is 1. The molecule has 2 aromatic rings. The summed E-state index contributed by atoms with van der Waals surface area (Å²) in [6.07, 6.45) is 1.70. The number of ether oxygens (including phenoxy) is 1. The van der Waals surface area contributed by atoms with Crippen LogP contribution in [-0.4, -0.2) is 33.4 Å². The highest BCUT2D eigenvalue weighted by Gasteiger charge is 2.33. The van der Waals surface area contributed by atoms with Crippen molar-refractivity contribution in [2.75, 3.05) is 18.9 Å². The lowest BCUT2D eigenvalue weighted by molar-refractivity contribution is 0.0240. The third-order valence-corrected chi connectivity index (χ3v) is 4.68. The van der Waals surface area contributed by atoms with Gasteiger partial charge < -0.3 is 10.5 Å². The minimum Gasteiger partial charge on any atom is -0.397 e. The van der Waals surface area contributed by atoms with Crippen LogP contribution in [0, 0.1) is 0 Å². The Hall–Kier alpha value is -1.37. The molecule has 1 aromatic heterocycles. The Kier molecular flexibility index (Phi) is 3.77. The zero-order valence-electron chi connectivity index (χ0n) is 11.5. The Balaban J connectivity index is 2.07.